The van der Waals surface area contributed by atoms with Crippen molar-refractivity contribution in [2.75, 3.05) is 0 Å². The second-order valence-corrected chi connectivity index (χ2v) is 2.97. The van der Waals surface area contributed by atoms with Crippen LogP contribution >= 0.6 is 0 Å². The maximum atomic E-state index is 11.9. The van der Waals surface area contributed by atoms with Gasteiger partial charge in [0.25, 0.3) is 11.2 Å². The zero-order valence-corrected chi connectivity index (χ0v) is 8.45. The predicted molar refractivity (Wildman–Crippen MR) is 49.7 cm³/mol. The standard InChI is InChI=1S/C8H4F3N3O4/c9-8(10,11)18-6-3-5(14(16)17)4(1-2-12)7(15)13-6/h3H,1H2,(H,13,15). The number of hydrogen-bond acceptors (Lipinski definition) is 5. The fourth-order valence-corrected chi connectivity index (χ4v) is 1.14. The average Bonchev–Trinajstić information content (AvgIpc) is 2.19. The molecule has 0 aliphatic heterocycles. The summed E-state index contributed by atoms with van der Waals surface area (Å²) in [6.45, 7) is 0. The topological polar surface area (TPSA) is 109 Å². The molecule has 10 heteroatoms. The molecule has 0 amide bonds. The summed E-state index contributed by atoms with van der Waals surface area (Å²) in [5.41, 5.74) is -2.61. The molecule has 0 bridgehead atoms. The van der Waals surface area contributed by atoms with Crippen LogP contribution in [0.25, 0.3) is 0 Å². The second-order valence-electron chi connectivity index (χ2n) is 2.97. The van der Waals surface area contributed by atoms with Crippen molar-refractivity contribution in [1.82, 2.24) is 4.98 Å². The van der Waals surface area contributed by atoms with E-state index in [4.69, 9.17) is 5.26 Å². The molecule has 0 aliphatic rings. The molecular weight excluding hydrogens is 259 g/mol. The van der Waals surface area contributed by atoms with Crippen molar-refractivity contribution in [3.8, 4) is 11.9 Å². The van der Waals surface area contributed by atoms with E-state index in [0.29, 0.717) is 6.07 Å². The Bertz CT molecular complexity index is 572. The normalized spacial score (nSPS) is 10.8. The number of ether oxygens (including phenoxy) is 1. The Kier molecular flexibility index (Phi) is 3.55. The SMILES string of the molecule is N#CCc1c([N+](=O)[O-])cc(OC(F)(F)F)[nH]c1=O. The van der Waals surface area contributed by atoms with Gasteiger partial charge in [-0.05, 0) is 0 Å². The van der Waals surface area contributed by atoms with Gasteiger partial charge in [0.1, 0.15) is 5.56 Å². The van der Waals surface area contributed by atoms with Gasteiger partial charge in [-0.2, -0.15) is 5.26 Å². The van der Waals surface area contributed by atoms with E-state index in [-0.39, 0.29) is 0 Å². The number of hydrogen-bond donors (Lipinski definition) is 1. The van der Waals surface area contributed by atoms with E-state index >= 15 is 0 Å². The van der Waals surface area contributed by atoms with Crippen molar-refractivity contribution in [2.45, 2.75) is 12.8 Å². The first-order valence-corrected chi connectivity index (χ1v) is 4.28. The zero-order chi connectivity index (χ0) is 13.9. The first-order valence-electron chi connectivity index (χ1n) is 4.28. The van der Waals surface area contributed by atoms with Crippen LogP contribution in [0.15, 0.2) is 10.9 Å². The number of H-pyrrole nitrogens is 1. The molecule has 0 fully saturated rings. The van der Waals surface area contributed by atoms with Gasteiger partial charge >= 0.3 is 6.36 Å². The Morgan fingerprint density at radius 2 is 2.17 bits per heavy atom. The first-order chi connectivity index (χ1) is 8.24. The molecule has 0 aliphatic carbocycles. The van der Waals surface area contributed by atoms with E-state index in [9.17, 15) is 28.1 Å². The number of nitriles is 1. The number of halogens is 3. The Morgan fingerprint density at radius 1 is 1.56 bits per heavy atom. The number of pyridine rings is 1. The van der Waals surface area contributed by atoms with Gasteiger partial charge in [-0.15, -0.1) is 13.2 Å². The lowest BCUT2D eigenvalue weighted by molar-refractivity contribution is -0.385. The fourth-order valence-electron chi connectivity index (χ4n) is 1.14. The van der Waals surface area contributed by atoms with Crippen molar-refractivity contribution in [1.29, 1.82) is 5.26 Å². The van der Waals surface area contributed by atoms with Crippen LogP contribution in [0.1, 0.15) is 5.56 Å². The van der Waals surface area contributed by atoms with E-state index in [2.05, 4.69) is 4.74 Å². The number of aromatic nitrogens is 1. The van der Waals surface area contributed by atoms with Crippen LogP contribution in [0.4, 0.5) is 18.9 Å². The van der Waals surface area contributed by atoms with Gasteiger partial charge < -0.3 is 4.74 Å². The lowest BCUT2D eigenvalue weighted by Crippen LogP contribution is -2.22. The maximum Gasteiger partial charge on any atom is 0.574 e. The van der Waals surface area contributed by atoms with Gasteiger partial charge in [-0.25, -0.2) is 0 Å². The van der Waals surface area contributed by atoms with E-state index in [1.807, 2.05) is 0 Å². The van der Waals surface area contributed by atoms with Crippen LogP contribution in [0.5, 0.6) is 5.88 Å². The molecule has 1 aromatic rings. The number of aromatic amines is 1. The molecule has 0 saturated carbocycles. The van der Waals surface area contributed by atoms with Gasteiger partial charge in [-0.1, -0.05) is 0 Å². The predicted octanol–water partition coefficient (Wildman–Crippen LogP) is 1.25. The molecule has 1 N–H and O–H groups in total. The average molecular weight is 263 g/mol. The highest BCUT2D eigenvalue weighted by Crippen LogP contribution is 2.24. The highest BCUT2D eigenvalue weighted by Gasteiger charge is 2.33. The molecule has 7 nitrogen and oxygen atoms in total. The Balaban J connectivity index is 3.33. The van der Waals surface area contributed by atoms with Crippen molar-refractivity contribution < 1.29 is 22.8 Å². The van der Waals surface area contributed by atoms with Gasteiger partial charge in [0.15, 0.2) is 0 Å². The molecule has 1 heterocycles. The van der Waals surface area contributed by atoms with Gasteiger partial charge in [0.2, 0.25) is 5.88 Å². The number of nitrogens with one attached hydrogen (secondary N) is 1. The highest BCUT2D eigenvalue weighted by molar-refractivity contribution is 5.43. The van der Waals surface area contributed by atoms with Crippen LogP contribution in [0, 0.1) is 21.4 Å². The van der Waals surface area contributed by atoms with Crippen LogP contribution in [-0.2, 0) is 6.42 Å². The molecule has 0 unspecified atom stereocenters. The number of rotatable bonds is 3. The van der Waals surface area contributed by atoms with E-state index in [1.54, 1.807) is 4.98 Å². The Hall–Kier alpha value is -2.57. The summed E-state index contributed by atoms with van der Waals surface area (Å²) >= 11 is 0. The smallest absolute Gasteiger partial charge is 0.390 e. The molecule has 1 aromatic heterocycles. The minimum absolute atomic E-state index is 0.404. The fraction of sp³-hybridized carbons (Fsp3) is 0.250. The first kappa shape index (κ1) is 13.5. The summed E-state index contributed by atoms with van der Waals surface area (Å²) in [6.07, 6.45) is -5.69. The molecule has 96 valence electrons. The van der Waals surface area contributed by atoms with E-state index in [0.717, 1.165) is 0 Å². The van der Waals surface area contributed by atoms with Crippen LogP contribution < -0.4 is 10.3 Å². The number of nitro groups is 1. The summed E-state index contributed by atoms with van der Waals surface area (Å²) < 4.78 is 39.0. The second kappa shape index (κ2) is 4.74. The molecule has 1 rings (SSSR count). The molecule has 0 spiro atoms. The summed E-state index contributed by atoms with van der Waals surface area (Å²) in [7, 11) is 0. The van der Waals surface area contributed by atoms with Crippen LogP contribution in [0.2, 0.25) is 0 Å². The van der Waals surface area contributed by atoms with Crippen molar-refractivity contribution >= 4 is 5.69 Å². The van der Waals surface area contributed by atoms with Gasteiger partial charge in [-0.3, -0.25) is 19.9 Å². The summed E-state index contributed by atoms with van der Waals surface area (Å²) in [5.74, 6) is -1.11. The molecule has 18 heavy (non-hydrogen) atoms. The lowest BCUT2D eigenvalue weighted by Gasteiger charge is -2.08. The maximum absolute atomic E-state index is 11.9. The number of alkyl halides is 3. The third-order valence-electron chi connectivity index (χ3n) is 1.77. The Labute approximate surface area is 96.6 Å². The summed E-state index contributed by atoms with van der Waals surface area (Å²) in [4.78, 5) is 22.5. The zero-order valence-electron chi connectivity index (χ0n) is 8.45. The van der Waals surface area contributed by atoms with E-state index in [1.165, 1.54) is 6.07 Å². The highest BCUT2D eigenvalue weighted by atomic mass is 19.4. The van der Waals surface area contributed by atoms with Crippen molar-refractivity contribution in [3.05, 3.63) is 32.1 Å². The summed E-state index contributed by atoms with van der Waals surface area (Å²) in [5, 5.41) is 18.9. The molecule has 0 atom stereocenters. The molecule has 0 saturated heterocycles. The lowest BCUT2D eigenvalue weighted by atomic mass is 10.2. The quantitative estimate of drug-likeness (QED) is 0.651. The molecule has 0 radical (unpaired) electrons. The minimum atomic E-state index is -5.09. The molecule has 0 aromatic carbocycles. The van der Waals surface area contributed by atoms with Crippen molar-refractivity contribution in [3.63, 3.8) is 0 Å². The van der Waals surface area contributed by atoms with Crippen LogP contribution in [-0.4, -0.2) is 16.3 Å². The Morgan fingerprint density at radius 3 is 2.61 bits per heavy atom. The van der Waals surface area contributed by atoms with Gasteiger partial charge in [0, 0.05) is 0 Å². The van der Waals surface area contributed by atoms with Crippen LogP contribution in [0.3, 0.4) is 0 Å². The minimum Gasteiger partial charge on any atom is -0.390 e. The third kappa shape index (κ3) is 3.21. The third-order valence-corrected chi connectivity index (χ3v) is 1.77. The largest absolute Gasteiger partial charge is 0.574 e. The summed E-state index contributed by atoms with van der Waals surface area (Å²) in [6, 6.07) is 1.90. The monoisotopic (exact) mass is 263 g/mol. The van der Waals surface area contributed by atoms with E-state index < -0.39 is 40.4 Å². The van der Waals surface area contributed by atoms with Gasteiger partial charge in [0.05, 0.1) is 23.5 Å². The molecular formula is C8H4F3N3O4. The van der Waals surface area contributed by atoms with Crippen molar-refractivity contribution in [2.24, 2.45) is 0 Å². The number of nitrogens with zero attached hydrogens (tertiary/aromatic N) is 2.